The van der Waals surface area contributed by atoms with Gasteiger partial charge in [0.1, 0.15) is 0 Å². The summed E-state index contributed by atoms with van der Waals surface area (Å²) in [6, 6.07) is 7.32. The fraction of sp³-hybridized carbons (Fsp3) is 0.625. The van der Waals surface area contributed by atoms with Crippen LogP contribution in [0.3, 0.4) is 0 Å². The summed E-state index contributed by atoms with van der Waals surface area (Å²) in [6.45, 7) is 1.98. The molecule has 0 spiro atoms. The highest BCUT2D eigenvalue weighted by Crippen LogP contribution is 2.25. The molecule has 2 atom stereocenters. The maximum absolute atomic E-state index is 5.79. The Labute approximate surface area is 124 Å². The van der Waals surface area contributed by atoms with Gasteiger partial charge in [-0.05, 0) is 61.8 Å². The molecule has 1 fully saturated rings. The molecule has 3 heteroatoms. The van der Waals surface area contributed by atoms with E-state index in [2.05, 4.69) is 39.4 Å². The van der Waals surface area contributed by atoms with Gasteiger partial charge in [-0.15, -0.1) is 0 Å². The van der Waals surface area contributed by atoms with Crippen molar-refractivity contribution in [1.82, 2.24) is 5.32 Å². The highest BCUT2D eigenvalue weighted by molar-refractivity contribution is 9.10. The van der Waals surface area contributed by atoms with Gasteiger partial charge in [0.2, 0.25) is 0 Å². The normalized spacial score (nSPS) is 27.0. The van der Waals surface area contributed by atoms with Crippen molar-refractivity contribution in [2.24, 2.45) is 0 Å². The molecule has 0 bridgehead atoms. The van der Waals surface area contributed by atoms with E-state index in [0.29, 0.717) is 12.1 Å². The molecule has 1 N–H and O–H groups in total. The summed E-state index contributed by atoms with van der Waals surface area (Å²) in [5, 5.41) is 3.71. The zero-order chi connectivity index (χ0) is 13.1. The van der Waals surface area contributed by atoms with Crippen LogP contribution in [-0.2, 0) is 17.6 Å². The molecule has 2 unspecified atom stereocenters. The first kappa shape index (κ1) is 13.6. The van der Waals surface area contributed by atoms with Crippen molar-refractivity contribution in [1.29, 1.82) is 0 Å². The summed E-state index contributed by atoms with van der Waals surface area (Å²) >= 11 is 3.56. The van der Waals surface area contributed by atoms with Crippen LogP contribution in [0, 0.1) is 0 Å². The first-order valence-electron chi connectivity index (χ1n) is 7.43. The van der Waals surface area contributed by atoms with Crippen LogP contribution in [0.25, 0.3) is 0 Å². The molecule has 1 aromatic carbocycles. The van der Waals surface area contributed by atoms with Crippen LogP contribution in [0.2, 0.25) is 0 Å². The van der Waals surface area contributed by atoms with Gasteiger partial charge < -0.3 is 10.1 Å². The summed E-state index contributed by atoms with van der Waals surface area (Å²) in [7, 11) is 0. The van der Waals surface area contributed by atoms with Gasteiger partial charge in [-0.3, -0.25) is 0 Å². The minimum Gasteiger partial charge on any atom is -0.377 e. The number of rotatable bonds is 3. The van der Waals surface area contributed by atoms with E-state index in [1.807, 2.05) is 0 Å². The summed E-state index contributed by atoms with van der Waals surface area (Å²) in [5.74, 6) is 0. The van der Waals surface area contributed by atoms with E-state index in [-0.39, 0.29) is 0 Å². The number of hydrogen-bond acceptors (Lipinski definition) is 2. The third-order valence-electron chi connectivity index (χ3n) is 4.30. The molecule has 104 valence electrons. The smallest absolute Gasteiger partial charge is 0.0699 e. The highest BCUT2D eigenvalue weighted by atomic mass is 79.9. The second-order valence-corrected chi connectivity index (χ2v) is 6.67. The lowest BCUT2D eigenvalue weighted by Gasteiger charge is -2.29. The Morgan fingerprint density at radius 1 is 1.21 bits per heavy atom. The molecule has 1 aliphatic carbocycles. The van der Waals surface area contributed by atoms with E-state index < -0.39 is 0 Å². The van der Waals surface area contributed by atoms with E-state index in [1.165, 1.54) is 47.7 Å². The van der Waals surface area contributed by atoms with Gasteiger partial charge >= 0.3 is 0 Å². The second-order valence-electron chi connectivity index (χ2n) is 5.75. The number of halogens is 1. The predicted molar refractivity (Wildman–Crippen MR) is 81.5 cm³/mol. The van der Waals surface area contributed by atoms with Crippen molar-refractivity contribution in [3.05, 3.63) is 33.8 Å². The molecule has 1 aliphatic heterocycles. The van der Waals surface area contributed by atoms with Crippen molar-refractivity contribution < 1.29 is 4.74 Å². The summed E-state index contributed by atoms with van der Waals surface area (Å²) < 4.78 is 6.99. The van der Waals surface area contributed by atoms with E-state index in [1.54, 1.807) is 0 Å². The summed E-state index contributed by atoms with van der Waals surface area (Å²) in [4.78, 5) is 0. The van der Waals surface area contributed by atoms with Crippen molar-refractivity contribution >= 4 is 15.9 Å². The first-order valence-corrected chi connectivity index (χ1v) is 8.23. The van der Waals surface area contributed by atoms with E-state index in [9.17, 15) is 0 Å². The fourth-order valence-electron chi connectivity index (χ4n) is 3.16. The fourth-order valence-corrected chi connectivity index (χ4v) is 3.57. The monoisotopic (exact) mass is 323 g/mol. The molecular formula is C16H22BrNO. The Kier molecular flexibility index (Phi) is 4.57. The molecular weight excluding hydrogens is 302 g/mol. The summed E-state index contributed by atoms with van der Waals surface area (Å²) in [5.41, 5.74) is 3.03. The second kappa shape index (κ2) is 6.38. The standard InChI is InChI=1S/C16H22BrNO/c17-14-6-4-13-10-15(7-5-12(13)9-14)18-11-16-3-1-2-8-19-16/h4,6,9,15-16,18H,1-3,5,7-8,10-11H2. The number of benzene rings is 1. The Morgan fingerprint density at radius 3 is 3.00 bits per heavy atom. The molecule has 19 heavy (non-hydrogen) atoms. The Hall–Kier alpha value is -0.380. The van der Waals surface area contributed by atoms with Crippen molar-refractivity contribution in [2.45, 2.75) is 50.7 Å². The first-order chi connectivity index (χ1) is 9.31. The largest absolute Gasteiger partial charge is 0.377 e. The van der Waals surface area contributed by atoms with Gasteiger partial charge in [-0.25, -0.2) is 0 Å². The molecule has 1 saturated heterocycles. The predicted octanol–water partition coefficient (Wildman–Crippen LogP) is 3.47. The number of fused-ring (bicyclic) bond motifs is 1. The number of nitrogens with one attached hydrogen (secondary N) is 1. The van der Waals surface area contributed by atoms with E-state index in [4.69, 9.17) is 4.74 Å². The van der Waals surface area contributed by atoms with Gasteiger partial charge in [0.05, 0.1) is 6.10 Å². The molecule has 3 rings (SSSR count). The zero-order valence-corrected chi connectivity index (χ0v) is 12.9. The van der Waals surface area contributed by atoms with Gasteiger partial charge in [-0.1, -0.05) is 22.0 Å². The number of hydrogen-bond donors (Lipinski definition) is 1. The number of ether oxygens (including phenoxy) is 1. The molecule has 0 radical (unpaired) electrons. The molecule has 0 aromatic heterocycles. The van der Waals surface area contributed by atoms with E-state index >= 15 is 0 Å². The molecule has 0 amide bonds. The van der Waals surface area contributed by atoms with Gasteiger partial charge in [0, 0.05) is 23.7 Å². The summed E-state index contributed by atoms with van der Waals surface area (Å²) in [6.07, 6.45) is 7.84. The van der Waals surface area contributed by atoms with Gasteiger partial charge in [0.25, 0.3) is 0 Å². The van der Waals surface area contributed by atoms with Gasteiger partial charge in [-0.2, -0.15) is 0 Å². The zero-order valence-electron chi connectivity index (χ0n) is 11.3. The lowest BCUT2D eigenvalue weighted by Crippen LogP contribution is -2.40. The molecule has 1 heterocycles. The average molecular weight is 324 g/mol. The lowest BCUT2D eigenvalue weighted by molar-refractivity contribution is 0.0151. The third-order valence-corrected chi connectivity index (χ3v) is 4.80. The minimum atomic E-state index is 0.445. The van der Waals surface area contributed by atoms with Crippen molar-refractivity contribution in [3.8, 4) is 0 Å². The Morgan fingerprint density at radius 2 is 2.16 bits per heavy atom. The maximum atomic E-state index is 5.79. The molecule has 1 aromatic rings. The van der Waals surface area contributed by atoms with Crippen LogP contribution in [0.4, 0.5) is 0 Å². The average Bonchev–Trinajstić information content (AvgIpc) is 2.46. The van der Waals surface area contributed by atoms with Gasteiger partial charge in [0.15, 0.2) is 0 Å². The Balaban J connectivity index is 1.52. The molecule has 2 nitrogen and oxygen atoms in total. The van der Waals surface area contributed by atoms with E-state index in [0.717, 1.165) is 19.6 Å². The molecule has 2 aliphatic rings. The van der Waals surface area contributed by atoms with Crippen LogP contribution < -0.4 is 5.32 Å². The third kappa shape index (κ3) is 3.59. The SMILES string of the molecule is Brc1ccc2c(c1)CCC(NCC1CCCCO1)C2. The molecule has 0 saturated carbocycles. The van der Waals surface area contributed by atoms with Crippen LogP contribution in [0.15, 0.2) is 22.7 Å². The maximum Gasteiger partial charge on any atom is 0.0699 e. The Bertz CT molecular complexity index is 429. The minimum absolute atomic E-state index is 0.445. The lowest BCUT2D eigenvalue weighted by atomic mass is 9.88. The topological polar surface area (TPSA) is 21.3 Å². The van der Waals surface area contributed by atoms with Crippen LogP contribution in [0.1, 0.15) is 36.8 Å². The highest BCUT2D eigenvalue weighted by Gasteiger charge is 2.20. The van der Waals surface area contributed by atoms with Crippen LogP contribution in [-0.4, -0.2) is 25.3 Å². The quantitative estimate of drug-likeness (QED) is 0.919. The van der Waals surface area contributed by atoms with Crippen LogP contribution >= 0.6 is 15.9 Å². The number of aryl methyl sites for hydroxylation is 1. The van der Waals surface area contributed by atoms with Crippen LogP contribution in [0.5, 0.6) is 0 Å². The van der Waals surface area contributed by atoms with Crippen molar-refractivity contribution in [3.63, 3.8) is 0 Å². The van der Waals surface area contributed by atoms with Crippen molar-refractivity contribution in [2.75, 3.05) is 13.2 Å².